The summed E-state index contributed by atoms with van der Waals surface area (Å²) in [5.41, 5.74) is 0. The van der Waals surface area contributed by atoms with Gasteiger partial charge < -0.3 is 5.11 Å². The second-order valence-corrected chi connectivity index (χ2v) is 6.27. The summed E-state index contributed by atoms with van der Waals surface area (Å²) in [5.74, 6) is -0.675. The summed E-state index contributed by atoms with van der Waals surface area (Å²) in [5, 5.41) is 8.73. The molecule has 0 saturated heterocycles. The van der Waals surface area contributed by atoms with E-state index in [4.69, 9.17) is 5.11 Å². The predicted octanol–water partition coefficient (Wildman–Crippen LogP) is 5.35. The van der Waals surface area contributed by atoms with E-state index in [1.54, 1.807) is 0 Å². The van der Waals surface area contributed by atoms with Crippen molar-refractivity contribution >= 4 is 28.6 Å². The first kappa shape index (κ1) is 17.9. The van der Waals surface area contributed by atoms with Gasteiger partial charge in [0, 0.05) is 0 Å². The van der Waals surface area contributed by atoms with Crippen molar-refractivity contribution in [3.63, 3.8) is 0 Å². The molecule has 0 spiro atoms. The number of alkyl halides is 1. The van der Waals surface area contributed by atoms with Crippen LogP contribution in [0.5, 0.6) is 0 Å². The molecule has 0 rings (SSSR count). The number of carboxylic acids is 1. The first-order chi connectivity index (χ1) is 8.68. The quantitative estimate of drug-likeness (QED) is 0.219. The topological polar surface area (TPSA) is 37.3 Å². The van der Waals surface area contributed by atoms with E-state index >= 15 is 0 Å². The smallest absolute Gasteiger partial charge is 0.316 e. The van der Waals surface area contributed by atoms with Gasteiger partial charge in [0.1, 0.15) is 3.92 Å². The number of rotatable bonds is 12. The van der Waals surface area contributed by atoms with Crippen LogP contribution in [-0.2, 0) is 4.79 Å². The highest BCUT2D eigenvalue weighted by Gasteiger charge is 2.11. The molecule has 18 heavy (non-hydrogen) atoms. The molecule has 1 unspecified atom stereocenters. The first-order valence-corrected chi connectivity index (χ1v) is 8.45. The average molecular weight is 366 g/mol. The van der Waals surface area contributed by atoms with Crippen LogP contribution in [-0.4, -0.2) is 15.0 Å². The molecule has 0 aliphatic heterocycles. The summed E-state index contributed by atoms with van der Waals surface area (Å²) in [4.78, 5) is 10.6. The van der Waals surface area contributed by atoms with E-state index in [1.165, 1.54) is 44.9 Å². The Labute approximate surface area is 125 Å². The minimum atomic E-state index is -0.675. The van der Waals surface area contributed by atoms with Gasteiger partial charge >= 0.3 is 5.97 Å². The van der Waals surface area contributed by atoms with E-state index in [2.05, 4.69) is 19.1 Å². The zero-order valence-electron chi connectivity index (χ0n) is 11.5. The van der Waals surface area contributed by atoms with E-state index in [-0.39, 0.29) is 3.92 Å². The van der Waals surface area contributed by atoms with Gasteiger partial charge in [0.25, 0.3) is 0 Å². The number of halogens is 1. The van der Waals surface area contributed by atoms with Crippen LogP contribution in [0.1, 0.15) is 71.1 Å². The second kappa shape index (κ2) is 13.4. The zero-order chi connectivity index (χ0) is 13.6. The van der Waals surface area contributed by atoms with Gasteiger partial charge in [0.05, 0.1) is 0 Å². The minimum Gasteiger partial charge on any atom is -0.480 e. The Morgan fingerprint density at radius 2 is 1.61 bits per heavy atom. The van der Waals surface area contributed by atoms with Crippen molar-refractivity contribution in [1.29, 1.82) is 0 Å². The lowest BCUT2D eigenvalue weighted by Gasteiger charge is -2.03. The van der Waals surface area contributed by atoms with E-state index in [1.807, 2.05) is 22.6 Å². The van der Waals surface area contributed by atoms with Crippen molar-refractivity contribution in [1.82, 2.24) is 0 Å². The van der Waals surface area contributed by atoms with Crippen molar-refractivity contribution in [2.24, 2.45) is 0 Å². The van der Waals surface area contributed by atoms with Gasteiger partial charge in [-0.15, -0.1) is 0 Å². The van der Waals surface area contributed by atoms with Gasteiger partial charge in [-0.3, -0.25) is 4.79 Å². The molecule has 0 amide bonds. The normalized spacial score (nSPS) is 13.0. The fourth-order valence-corrected chi connectivity index (χ4v) is 2.25. The Kier molecular flexibility index (Phi) is 13.3. The fraction of sp³-hybridized carbons (Fsp3) is 0.800. The molecule has 0 heterocycles. The molecule has 0 bridgehead atoms. The maximum Gasteiger partial charge on any atom is 0.316 e. The minimum absolute atomic E-state index is 0.207. The van der Waals surface area contributed by atoms with Gasteiger partial charge in [-0.2, -0.15) is 0 Å². The van der Waals surface area contributed by atoms with Crippen molar-refractivity contribution in [2.45, 2.75) is 75.1 Å². The Morgan fingerprint density at radius 3 is 2.17 bits per heavy atom. The monoisotopic (exact) mass is 366 g/mol. The standard InChI is InChI=1S/C15H27IO2/c1-2-3-4-5-6-7-8-9-10-11-12-13-14(16)15(17)18/h6-7,14H,2-5,8-13H2,1H3,(H,17,18)/b7-6-. The molecule has 0 radical (unpaired) electrons. The van der Waals surface area contributed by atoms with Crippen LogP contribution >= 0.6 is 22.6 Å². The molecule has 0 fully saturated rings. The number of hydrogen-bond acceptors (Lipinski definition) is 1. The molecule has 2 nitrogen and oxygen atoms in total. The maximum atomic E-state index is 10.6. The molecule has 0 aromatic heterocycles. The molecule has 1 atom stereocenters. The summed E-state index contributed by atoms with van der Waals surface area (Å²) in [6.45, 7) is 2.23. The Hall–Kier alpha value is -0.0600. The van der Waals surface area contributed by atoms with Crippen molar-refractivity contribution in [3.8, 4) is 0 Å². The van der Waals surface area contributed by atoms with E-state index in [9.17, 15) is 4.79 Å². The van der Waals surface area contributed by atoms with E-state index < -0.39 is 5.97 Å². The van der Waals surface area contributed by atoms with Crippen molar-refractivity contribution in [2.75, 3.05) is 0 Å². The molecule has 0 aromatic carbocycles. The maximum absolute atomic E-state index is 10.6. The molecule has 3 heteroatoms. The molecule has 0 aliphatic carbocycles. The van der Waals surface area contributed by atoms with Gasteiger partial charge in [-0.25, -0.2) is 0 Å². The lowest BCUT2D eigenvalue weighted by atomic mass is 10.1. The highest BCUT2D eigenvalue weighted by molar-refractivity contribution is 14.1. The van der Waals surface area contributed by atoms with Gasteiger partial charge in [0.2, 0.25) is 0 Å². The summed E-state index contributed by atoms with van der Waals surface area (Å²) >= 11 is 2.01. The third kappa shape index (κ3) is 12.4. The molecule has 1 N–H and O–H groups in total. The number of allylic oxidation sites excluding steroid dienone is 2. The summed E-state index contributed by atoms with van der Waals surface area (Å²) < 4.78 is -0.207. The number of carboxylic acid groups (broad SMARTS) is 1. The van der Waals surface area contributed by atoms with Crippen molar-refractivity contribution in [3.05, 3.63) is 12.2 Å². The number of aliphatic carboxylic acids is 1. The van der Waals surface area contributed by atoms with Crippen molar-refractivity contribution < 1.29 is 9.90 Å². The van der Waals surface area contributed by atoms with Crippen LogP contribution < -0.4 is 0 Å². The lowest BCUT2D eigenvalue weighted by Crippen LogP contribution is -2.11. The van der Waals surface area contributed by atoms with Gasteiger partial charge in [-0.05, 0) is 32.1 Å². The molecular formula is C15H27IO2. The van der Waals surface area contributed by atoms with Crippen LogP contribution in [0.4, 0.5) is 0 Å². The van der Waals surface area contributed by atoms with Crippen LogP contribution in [0.25, 0.3) is 0 Å². The predicted molar refractivity (Wildman–Crippen MR) is 86.4 cm³/mol. The number of unbranched alkanes of at least 4 members (excludes halogenated alkanes) is 7. The molecule has 106 valence electrons. The van der Waals surface area contributed by atoms with E-state index in [0.29, 0.717) is 0 Å². The highest BCUT2D eigenvalue weighted by atomic mass is 127. The fourth-order valence-electron chi connectivity index (χ4n) is 1.81. The first-order valence-electron chi connectivity index (χ1n) is 7.20. The van der Waals surface area contributed by atoms with Gasteiger partial charge in [-0.1, -0.05) is 73.8 Å². The lowest BCUT2D eigenvalue weighted by molar-refractivity contribution is -0.136. The van der Waals surface area contributed by atoms with Crippen LogP contribution in [0.2, 0.25) is 0 Å². The van der Waals surface area contributed by atoms with E-state index in [0.717, 1.165) is 19.3 Å². The van der Waals surface area contributed by atoms with Crippen LogP contribution in [0, 0.1) is 0 Å². The number of hydrogen-bond donors (Lipinski definition) is 1. The Bertz CT molecular complexity index is 227. The SMILES string of the molecule is CCCCC/C=C\CCCCCCC(I)C(=O)O. The van der Waals surface area contributed by atoms with Gasteiger partial charge in [0.15, 0.2) is 0 Å². The largest absolute Gasteiger partial charge is 0.480 e. The third-order valence-corrected chi connectivity index (χ3v) is 4.14. The zero-order valence-corrected chi connectivity index (χ0v) is 13.7. The third-order valence-electron chi connectivity index (χ3n) is 2.99. The molecular weight excluding hydrogens is 339 g/mol. The Morgan fingerprint density at radius 1 is 1.06 bits per heavy atom. The summed E-state index contributed by atoms with van der Waals surface area (Å²) in [6, 6.07) is 0. The Balaban J connectivity index is 3.18. The number of carbonyl (C=O) groups is 1. The van der Waals surface area contributed by atoms with Crippen LogP contribution in [0.3, 0.4) is 0 Å². The summed E-state index contributed by atoms with van der Waals surface area (Å²) in [7, 11) is 0. The second-order valence-electron chi connectivity index (χ2n) is 4.76. The highest BCUT2D eigenvalue weighted by Crippen LogP contribution is 2.13. The summed E-state index contributed by atoms with van der Waals surface area (Å²) in [6.07, 6.45) is 16.4. The molecule has 0 aliphatic rings. The average Bonchev–Trinajstić information content (AvgIpc) is 2.35. The molecule has 0 aromatic rings. The van der Waals surface area contributed by atoms with Crippen LogP contribution in [0.15, 0.2) is 12.2 Å². The molecule has 0 saturated carbocycles.